The van der Waals surface area contributed by atoms with Crippen LogP contribution in [0, 0.1) is 5.92 Å². The number of carbonyl (C=O) groups excluding carboxylic acids is 5. The molecule has 12 nitrogen and oxygen atoms in total. The summed E-state index contributed by atoms with van der Waals surface area (Å²) in [5, 5.41) is 16.7. The van der Waals surface area contributed by atoms with Crippen LogP contribution in [0.2, 0.25) is 0 Å². The van der Waals surface area contributed by atoms with Gasteiger partial charge in [0.2, 0.25) is 17.7 Å². The number of nitrogens with one attached hydrogen (secondary N) is 3. The van der Waals surface area contributed by atoms with E-state index in [1.807, 2.05) is 0 Å². The van der Waals surface area contributed by atoms with E-state index in [4.69, 9.17) is 9.47 Å². The predicted molar refractivity (Wildman–Crippen MR) is 134 cm³/mol. The topological polar surface area (TPSA) is 177 Å². The SMILES string of the molecule is CC(=O)NC(CCC(=O)OC(C)(C)C)C(=O)NC(CCC(=O)OC(C)(C)C)C(=O)NC(C(=O)O)C(C)C. The van der Waals surface area contributed by atoms with Crippen molar-refractivity contribution in [1.82, 2.24) is 16.0 Å². The third-order valence-electron chi connectivity index (χ3n) is 4.67. The Balaban J connectivity index is 5.67. The molecule has 0 radical (unpaired) electrons. The van der Waals surface area contributed by atoms with Crippen LogP contribution in [0.4, 0.5) is 0 Å². The Morgan fingerprint density at radius 3 is 1.41 bits per heavy atom. The first-order valence-corrected chi connectivity index (χ1v) is 12.3. The van der Waals surface area contributed by atoms with Crippen LogP contribution < -0.4 is 16.0 Å². The molecule has 37 heavy (non-hydrogen) atoms. The van der Waals surface area contributed by atoms with Crippen molar-refractivity contribution in [3.63, 3.8) is 0 Å². The van der Waals surface area contributed by atoms with Crippen molar-refractivity contribution in [2.24, 2.45) is 5.92 Å². The van der Waals surface area contributed by atoms with Crippen LogP contribution in [0.25, 0.3) is 0 Å². The molecule has 0 saturated heterocycles. The van der Waals surface area contributed by atoms with Gasteiger partial charge < -0.3 is 30.5 Å². The van der Waals surface area contributed by atoms with Gasteiger partial charge in [0.1, 0.15) is 29.3 Å². The lowest BCUT2D eigenvalue weighted by Gasteiger charge is -2.26. The second-order valence-electron chi connectivity index (χ2n) is 11.1. The molecule has 0 aromatic heterocycles. The zero-order valence-corrected chi connectivity index (χ0v) is 23.4. The van der Waals surface area contributed by atoms with E-state index in [1.165, 1.54) is 6.92 Å². The summed E-state index contributed by atoms with van der Waals surface area (Å²) in [6.07, 6.45) is -0.711. The maximum atomic E-state index is 13.0. The minimum Gasteiger partial charge on any atom is -0.480 e. The van der Waals surface area contributed by atoms with E-state index in [0.29, 0.717) is 0 Å². The van der Waals surface area contributed by atoms with Gasteiger partial charge in [0.05, 0.1) is 0 Å². The molecular formula is C25H43N3O9. The number of esters is 2. The van der Waals surface area contributed by atoms with E-state index < -0.39 is 70.9 Å². The Bertz CT molecular complexity index is 841. The summed E-state index contributed by atoms with van der Waals surface area (Å²) in [5.74, 6) is -5.02. The van der Waals surface area contributed by atoms with Crippen molar-refractivity contribution in [3.8, 4) is 0 Å². The van der Waals surface area contributed by atoms with Crippen LogP contribution in [-0.2, 0) is 38.2 Å². The average Bonchev–Trinajstić information content (AvgIpc) is 2.68. The number of aliphatic carboxylic acids is 1. The van der Waals surface area contributed by atoms with Crippen LogP contribution in [0.1, 0.15) is 88.0 Å². The van der Waals surface area contributed by atoms with Gasteiger partial charge in [0.15, 0.2) is 0 Å². The van der Waals surface area contributed by atoms with E-state index in [2.05, 4.69) is 16.0 Å². The minimum absolute atomic E-state index is 0.107. The Labute approximate surface area is 218 Å². The molecule has 0 saturated carbocycles. The quantitative estimate of drug-likeness (QED) is 0.257. The van der Waals surface area contributed by atoms with Crippen molar-refractivity contribution in [2.75, 3.05) is 0 Å². The lowest BCUT2D eigenvalue weighted by Crippen LogP contribution is -2.56. The number of ether oxygens (including phenoxy) is 2. The fraction of sp³-hybridized carbons (Fsp3) is 0.760. The van der Waals surface area contributed by atoms with Gasteiger partial charge in [0, 0.05) is 19.8 Å². The summed E-state index contributed by atoms with van der Waals surface area (Å²) < 4.78 is 10.5. The highest BCUT2D eigenvalue weighted by atomic mass is 16.6. The number of amides is 3. The highest BCUT2D eigenvalue weighted by Crippen LogP contribution is 2.13. The van der Waals surface area contributed by atoms with Crippen LogP contribution in [0.5, 0.6) is 0 Å². The first-order valence-electron chi connectivity index (χ1n) is 12.3. The molecule has 3 unspecified atom stereocenters. The van der Waals surface area contributed by atoms with Gasteiger partial charge in [-0.3, -0.25) is 24.0 Å². The summed E-state index contributed by atoms with van der Waals surface area (Å²) in [5.41, 5.74) is -1.49. The highest BCUT2D eigenvalue weighted by Gasteiger charge is 2.32. The molecule has 212 valence electrons. The molecule has 0 fully saturated rings. The van der Waals surface area contributed by atoms with Crippen molar-refractivity contribution in [3.05, 3.63) is 0 Å². The fourth-order valence-electron chi connectivity index (χ4n) is 3.13. The van der Waals surface area contributed by atoms with Crippen LogP contribution in [0.15, 0.2) is 0 Å². The summed E-state index contributed by atoms with van der Waals surface area (Å²) in [4.78, 5) is 73.5. The number of rotatable bonds is 13. The fourth-order valence-corrected chi connectivity index (χ4v) is 3.13. The minimum atomic E-state index is -1.31. The van der Waals surface area contributed by atoms with Crippen molar-refractivity contribution < 1.29 is 43.3 Å². The summed E-state index contributed by atoms with van der Waals surface area (Å²) >= 11 is 0. The zero-order chi connectivity index (χ0) is 29.1. The molecule has 4 N–H and O–H groups in total. The first-order chi connectivity index (χ1) is 16.7. The average molecular weight is 530 g/mol. The maximum Gasteiger partial charge on any atom is 0.326 e. The monoisotopic (exact) mass is 529 g/mol. The van der Waals surface area contributed by atoms with E-state index in [9.17, 15) is 33.9 Å². The number of carboxylic acid groups (broad SMARTS) is 1. The Kier molecular flexibility index (Phi) is 13.3. The Morgan fingerprint density at radius 1 is 0.703 bits per heavy atom. The number of hydrogen-bond donors (Lipinski definition) is 4. The van der Waals surface area contributed by atoms with Gasteiger partial charge in [-0.15, -0.1) is 0 Å². The largest absolute Gasteiger partial charge is 0.480 e. The number of hydrogen-bond acceptors (Lipinski definition) is 8. The van der Waals surface area contributed by atoms with E-state index >= 15 is 0 Å². The van der Waals surface area contributed by atoms with Gasteiger partial charge in [-0.2, -0.15) is 0 Å². The van der Waals surface area contributed by atoms with Gasteiger partial charge in [-0.25, -0.2) is 4.79 Å². The molecule has 0 aliphatic heterocycles. The molecule has 12 heteroatoms. The molecule has 3 amide bonds. The zero-order valence-electron chi connectivity index (χ0n) is 23.4. The molecule has 0 aliphatic carbocycles. The van der Waals surface area contributed by atoms with Crippen molar-refractivity contribution in [1.29, 1.82) is 0 Å². The van der Waals surface area contributed by atoms with Crippen molar-refractivity contribution in [2.45, 2.75) is 117 Å². The van der Waals surface area contributed by atoms with Gasteiger partial charge in [-0.05, 0) is 60.3 Å². The standard InChI is InChI=1S/C25H43N3O9/c1-14(2)20(23(34)35)28-22(33)17(11-13-19(31)37-25(7,8)9)27-21(32)16(26-15(3)29)10-12-18(30)36-24(4,5)6/h14,16-17,20H,10-13H2,1-9H3,(H,26,29)(H,27,32)(H,28,33)(H,34,35). The van der Waals surface area contributed by atoms with E-state index in [1.54, 1.807) is 55.4 Å². The second kappa shape index (κ2) is 14.5. The first kappa shape index (κ1) is 33.8. The molecule has 3 atom stereocenters. The van der Waals surface area contributed by atoms with Crippen molar-refractivity contribution >= 4 is 35.6 Å². The molecule has 0 spiro atoms. The van der Waals surface area contributed by atoms with Crippen LogP contribution in [0.3, 0.4) is 0 Å². The van der Waals surface area contributed by atoms with E-state index in [-0.39, 0.29) is 25.7 Å². The lowest BCUT2D eigenvalue weighted by molar-refractivity contribution is -0.156. The Morgan fingerprint density at radius 2 is 1.08 bits per heavy atom. The molecule has 0 bridgehead atoms. The summed E-state index contributed by atoms with van der Waals surface area (Å²) in [6.45, 7) is 14.5. The highest BCUT2D eigenvalue weighted by molar-refractivity contribution is 5.93. The Hall–Kier alpha value is -3.18. The summed E-state index contributed by atoms with van der Waals surface area (Å²) in [6, 6.07) is -3.72. The molecule has 0 rings (SSSR count). The lowest BCUT2D eigenvalue weighted by atomic mass is 10.0. The predicted octanol–water partition coefficient (Wildman–Crippen LogP) is 1.45. The second-order valence-corrected chi connectivity index (χ2v) is 11.1. The number of carboxylic acids is 1. The smallest absolute Gasteiger partial charge is 0.326 e. The molecule has 0 aliphatic rings. The van der Waals surface area contributed by atoms with Gasteiger partial charge in [0.25, 0.3) is 0 Å². The molecular weight excluding hydrogens is 486 g/mol. The van der Waals surface area contributed by atoms with Crippen LogP contribution >= 0.6 is 0 Å². The third-order valence-corrected chi connectivity index (χ3v) is 4.67. The third kappa shape index (κ3) is 15.5. The molecule has 0 heterocycles. The molecule has 0 aromatic rings. The summed E-state index contributed by atoms with van der Waals surface area (Å²) in [7, 11) is 0. The van der Waals surface area contributed by atoms with Gasteiger partial charge in [-0.1, -0.05) is 13.8 Å². The van der Waals surface area contributed by atoms with Gasteiger partial charge >= 0.3 is 17.9 Å². The maximum absolute atomic E-state index is 13.0. The number of carbonyl (C=O) groups is 6. The van der Waals surface area contributed by atoms with Crippen LogP contribution in [-0.4, -0.2) is 70.1 Å². The normalized spacial score (nSPS) is 14.1. The molecule has 0 aromatic carbocycles. The van der Waals surface area contributed by atoms with E-state index in [0.717, 1.165) is 0 Å².